The van der Waals surface area contributed by atoms with E-state index in [0.29, 0.717) is 0 Å². The first kappa shape index (κ1) is 11.9. The summed E-state index contributed by atoms with van der Waals surface area (Å²) in [5.74, 6) is 0.397. The molecule has 0 bridgehead atoms. The third-order valence-corrected chi connectivity index (χ3v) is 3.09. The van der Waals surface area contributed by atoms with Crippen LogP contribution in [0.25, 0.3) is 0 Å². The molecule has 0 aliphatic heterocycles. The van der Waals surface area contributed by atoms with Gasteiger partial charge < -0.3 is 9.88 Å². The van der Waals surface area contributed by atoms with Crippen molar-refractivity contribution in [2.75, 3.05) is 6.54 Å². The van der Waals surface area contributed by atoms with Crippen molar-refractivity contribution in [3.05, 3.63) is 30.9 Å². The van der Waals surface area contributed by atoms with Gasteiger partial charge in [-0.1, -0.05) is 12.2 Å². The van der Waals surface area contributed by atoms with E-state index in [1.165, 1.54) is 0 Å². The van der Waals surface area contributed by atoms with E-state index < -0.39 is 0 Å². The molecule has 17 heavy (non-hydrogen) atoms. The summed E-state index contributed by atoms with van der Waals surface area (Å²) in [7, 11) is 0. The summed E-state index contributed by atoms with van der Waals surface area (Å²) >= 11 is 0. The number of nitrogens with zero attached hydrogens (tertiary/aromatic N) is 2. The molecule has 2 rings (SSSR count). The van der Waals surface area contributed by atoms with Crippen LogP contribution in [0.3, 0.4) is 0 Å². The van der Waals surface area contributed by atoms with Crippen LogP contribution in [-0.4, -0.2) is 22.0 Å². The molecular weight excluding hydrogens is 214 g/mol. The molecule has 0 saturated heterocycles. The van der Waals surface area contributed by atoms with E-state index >= 15 is 0 Å². The molecule has 1 aliphatic rings. The SMILES string of the molecule is O=C(NCCCn1ccnc1)[C@H]1CC=CCC1. The first-order valence-electron chi connectivity index (χ1n) is 6.25. The van der Waals surface area contributed by atoms with E-state index in [1.807, 2.05) is 10.8 Å². The number of rotatable bonds is 5. The number of nitrogens with one attached hydrogen (secondary N) is 1. The molecule has 0 aromatic carbocycles. The molecule has 0 spiro atoms. The highest BCUT2D eigenvalue weighted by molar-refractivity contribution is 5.78. The summed E-state index contributed by atoms with van der Waals surface area (Å²) < 4.78 is 2.02. The number of aryl methyl sites for hydroxylation is 1. The van der Waals surface area contributed by atoms with Crippen LogP contribution in [0.4, 0.5) is 0 Å². The zero-order valence-electron chi connectivity index (χ0n) is 10.0. The Kier molecular flexibility index (Phi) is 4.36. The van der Waals surface area contributed by atoms with Gasteiger partial charge >= 0.3 is 0 Å². The van der Waals surface area contributed by atoms with Crippen LogP contribution in [0.15, 0.2) is 30.9 Å². The van der Waals surface area contributed by atoms with Crippen molar-refractivity contribution in [2.24, 2.45) is 5.92 Å². The van der Waals surface area contributed by atoms with Gasteiger partial charge in [0.2, 0.25) is 5.91 Å². The van der Waals surface area contributed by atoms with E-state index in [-0.39, 0.29) is 11.8 Å². The lowest BCUT2D eigenvalue weighted by Gasteiger charge is -2.17. The molecule has 4 heteroatoms. The number of imidazole rings is 1. The maximum Gasteiger partial charge on any atom is 0.223 e. The minimum atomic E-state index is 0.188. The van der Waals surface area contributed by atoms with Crippen molar-refractivity contribution in [3.63, 3.8) is 0 Å². The number of carbonyl (C=O) groups is 1. The highest BCUT2D eigenvalue weighted by Gasteiger charge is 2.17. The summed E-state index contributed by atoms with van der Waals surface area (Å²) in [6, 6.07) is 0. The fourth-order valence-corrected chi connectivity index (χ4v) is 2.07. The van der Waals surface area contributed by atoms with E-state index in [9.17, 15) is 4.79 Å². The smallest absolute Gasteiger partial charge is 0.223 e. The van der Waals surface area contributed by atoms with Gasteiger partial charge in [0.25, 0.3) is 0 Å². The molecule has 1 aromatic heterocycles. The van der Waals surface area contributed by atoms with Crippen molar-refractivity contribution in [1.82, 2.24) is 14.9 Å². The Morgan fingerprint density at radius 3 is 3.12 bits per heavy atom. The quantitative estimate of drug-likeness (QED) is 0.622. The Bertz CT molecular complexity index is 370. The van der Waals surface area contributed by atoms with Gasteiger partial charge in [0, 0.05) is 31.4 Å². The maximum atomic E-state index is 11.8. The number of hydrogen-bond donors (Lipinski definition) is 1. The monoisotopic (exact) mass is 233 g/mol. The highest BCUT2D eigenvalue weighted by Crippen LogP contribution is 2.17. The fourth-order valence-electron chi connectivity index (χ4n) is 2.07. The molecule has 0 radical (unpaired) electrons. The molecule has 0 unspecified atom stereocenters. The normalized spacial score (nSPS) is 19.2. The summed E-state index contributed by atoms with van der Waals surface area (Å²) in [6.45, 7) is 1.65. The van der Waals surface area contributed by atoms with Crippen LogP contribution < -0.4 is 5.32 Å². The number of carbonyl (C=O) groups excluding carboxylic acids is 1. The van der Waals surface area contributed by atoms with Gasteiger partial charge in [0.1, 0.15) is 0 Å². The highest BCUT2D eigenvalue weighted by atomic mass is 16.1. The second kappa shape index (κ2) is 6.23. The van der Waals surface area contributed by atoms with Crippen molar-refractivity contribution in [2.45, 2.75) is 32.2 Å². The Balaban J connectivity index is 1.61. The van der Waals surface area contributed by atoms with Gasteiger partial charge in [0.05, 0.1) is 6.33 Å². The van der Waals surface area contributed by atoms with Crippen LogP contribution in [-0.2, 0) is 11.3 Å². The molecule has 92 valence electrons. The second-order valence-corrected chi connectivity index (χ2v) is 4.43. The van der Waals surface area contributed by atoms with Gasteiger partial charge in [-0.15, -0.1) is 0 Å². The predicted octanol–water partition coefficient (Wildman–Crippen LogP) is 1.75. The predicted molar refractivity (Wildman–Crippen MR) is 66.3 cm³/mol. The second-order valence-electron chi connectivity index (χ2n) is 4.43. The Hall–Kier alpha value is -1.58. The van der Waals surface area contributed by atoms with Crippen LogP contribution in [0, 0.1) is 5.92 Å². The fraction of sp³-hybridized carbons (Fsp3) is 0.538. The number of aromatic nitrogens is 2. The lowest BCUT2D eigenvalue weighted by Crippen LogP contribution is -2.32. The van der Waals surface area contributed by atoms with Crippen molar-refractivity contribution in [3.8, 4) is 0 Å². The van der Waals surface area contributed by atoms with Gasteiger partial charge in [-0.25, -0.2) is 4.98 Å². The molecule has 1 amide bonds. The standard InChI is InChI=1S/C13H19N3O/c17-13(12-5-2-1-3-6-12)15-7-4-9-16-10-8-14-11-16/h1-2,8,10-12H,3-7,9H2,(H,15,17)/t12-/m0/s1. The van der Waals surface area contributed by atoms with Crippen LogP contribution in [0.5, 0.6) is 0 Å². The number of allylic oxidation sites excluding steroid dienone is 2. The van der Waals surface area contributed by atoms with E-state index in [4.69, 9.17) is 0 Å². The lowest BCUT2D eigenvalue weighted by molar-refractivity contribution is -0.125. The Morgan fingerprint density at radius 2 is 2.41 bits per heavy atom. The molecule has 0 fully saturated rings. The minimum Gasteiger partial charge on any atom is -0.356 e. The average molecular weight is 233 g/mol. The zero-order valence-corrected chi connectivity index (χ0v) is 10.0. The van der Waals surface area contributed by atoms with Gasteiger partial charge in [-0.3, -0.25) is 4.79 Å². The first-order chi connectivity index (χ1) is 8.36. The number of hydrogen-bond acceptors (Lipinski definition) is 2. The molecule has 1 aromatic rings. The van der Waals surface area contributed by atoms with Crippen molar-refractivity contribution in [1.29, 1.82) is 0 Å². The largest absolute Gasteiger partial charge is 0.356 e. The first-order valence-corrected chi connectivity index (χ1v) is 6.25. The molecule has 1 aliphatic carbocycles. The molecule has 1 heterocycles. The van der Waals surface area contributed by atoms with E-state index in [0.717, 1.165) is 38.8 Å². The summed E-state index contributed by atoms with van der Waals surface area (Å²) in [4.78, 5) is 15.8. The minimum absolute atomic E-state index is 0.188. The van der Waals surface area contributed by atoms with Crippen LogP contribution >= 0.6 is 0 Å². The van der Waals surface area contributed by atoms with Gasteiger partial charge in [-0.2, -0.15) is 0 Å². The van der Waals surface area contributed by atoms with E-state index in [2.05, 4.69) is 22.5 Å². The van der Waals surface area contributed by atoms with Gasteiger partial charge in [-0.05, 0) is 25.7 Å². The molecule has 1 N–H and O–H groups in total. The molecular formula is C13H19N3O. The van der Waals surface area contributed by atoms with Crippen LogP contribution in [0.1, 0.15) is 25.7 Å². The summed E-state index contributed by atoms with van der Waals surface area (Å²) in [5.41, 5.74) is 0. The van der Waals surface area contributed by atoms with Crippen molar-refractivity contribution < 1.29 is 4.79 Å². The Labute approximate surface area is 102 Å². The lowest BCUT2D eigenvalue weighted by atomic mass is 9.94. The van der Waals surface area contributed by atoms with E-state index in [1.54, 1.807) is 12.5 Å². The molecule has 1 atom stereocenters. The topological polar surface area (TPSA) is 46.9 Å². The Morgan fingerprint density at radius 1 is 1.47 bits per heavy atom. The zero-order chi connectivity index (χ0) is 11.9. The summed E-state index contributed by atoms with van der Waals surface area (Å²) in [6.07, 6.45) is 13.6. The summed E-state index contributed by atoms with van der Waals surface area (Å²) in [5, 5.41) is 3.01. The molecule has 4 nitrogen and oxygen atoms in total. The molecule has 0 saturated carbocycles. The maximum absolute atomic E-state index is 11.8. The van der Waals surface area contributed by atoms with Crippen LogP contribution in [0.2, 0.25) is 0 Å². The third kappa shape index (κ3) is 3.73. The average Bonchev–Trinajstić information content (AvgIpc) is 2.88. The third-order valence-electron chi connectivity index (χ3n) is 3.09. The van der Waals surface area contributed by atoms with Crippen molar-refractivity contribution >= 4 is 5.91 Å². The van der Waals surface area contributed by atoms with Gasteiger partial charge in [0.15, 0.2) is 0 Å². The number of amides is 1.